The summed E-state index contributed by atoms with van der Waals surface area (Å²) in [7, 11) is 2.17. The zero-order chi connectivity index (χ0) is 11.5. The predicted octanol–water partition coefficient (Wildman–Crippen LogP) is 0.589. The summed E-state index contributed by atoms with van der Waals surface area (Å²) in [5, 5.41) is 0. The molecule has 16 heavy (non-hydrogen) atoms. The van der Waals surface area contributed by atoms with E-state index in [-0.39, 0.29) is 0 Å². The standard InChI is InChI=1S/C11H19N5/c1-3-9-8-16(7-6-15(9)2)11-10(12)13-4-5-14-11/h4-5,9H,3,6-8H2,1-2H3,(H2,12,13). The molecule has 1 fully saturated rings. The zero-order valence-corrected chi connectivity index (χ0v) is 9.93. The number of piperazine rings is 1. The lowest BCUT2D eigenvalue weighted by Gasteiger charge is -2.39. The maximum atomic E-state index is 5.84. The average Bonchev–Trinajstić information content (AvgIpc) is 2.31. The van der Waals surface area contributed by atoms with E-state index in [1.807, 2.05) is 0 Å². The molecule has 1 unspecified atom stereocenters. The first kappa shape index (κ1) is 11.1. The van der Waals surface area contributed by atoms with E-state index >= 15 is 0 Å². The van der Waals surface area contributed by atoms with Crippen molar-refractivity contribution in [2.75, 3.05) is 37.3 Å². The first-order chi connectivity index (χ1) is 7.72. The first-order valence-corrected chi connectivity index (χ1v) is 5.74. The van der Waals surface area contributed by atoms with Crippen molar-refractivity contribution in [2.45, 2.75) is 19.4 Å². The smallest absolute Gasteiger partial charge is 0.171 e. The summed E-state index contributed by atoms with van der Waals surface area (Å²) in [6, 6.07) is 0.579. The largest absolute Gasteiger partial charge is 0.381 e. The molecule has 2 rings (SSSR count). The molecule has 1 aromatic rings. The van der Waals surface area contributed by atoms with Gasteiger partial charge in [0.1, 0.15) is 0 Å². The van der Waals surface area contributed by atoms with E-state index in [0.29, 0.717) is 11.9 Å². The lowest BCUT2D eigenvalue weighted by atomic mass is 10.1. The molecule has 1 aliphatic heterocycles. The van der Waals surface area contributed by atoms with Crippen LogP contribution in [0.15, 0.2) is 12.4 Å². The van der Waals surface area contributed by atoms with E-state index in [1.54, 1.807) is 12.4 Å². The third kappa shape index (κ3) is 2.09. The van der Waals surface area contributed by atoms with Gasteiger partial charge >= 0.3 is 0 Å². The molecule has 0 bridgehead atoms. The van der Waals surface area contributed by atoms with Crippen LogP contribution in [0.5, 0.6) is 0 Å². The van der Waals surface area contributed by atoms with Gasteiger partial charge in [-0.05, 0) is 13.5 Å². The molecule has 1 aliphatic rings. The third-order valence-electron chi connectivity index (χ3n) is 3.25. The maximum absolute atomic E-state index is 5.84. The number of rotatable bonds is 2. The Kier molecular flexibility index (Phi) is 3.24. The van der Waals surface area contributed by atoms with Crippen molar-refractivity contribution in [3.8, 4) is 0 Å². The van der Waals surface area contributed by atoms with Crippen LogP contribution in [-0.4, -0.2) is 47.6 Å². The summed E-state index contributed by atoms with van der Waals surface area (Å²) in [6.07, 6.45) is 4.48. The van der Waals surface area contributed by atoms with Crippen molar-refractivity contribution in [2.24, 2.45) is 0 Å². The van der Waals surface area contributed by atoms with Crippen LogP contribution < -0.4 is 10.6 Å². The van der Waals surface area contributed by atoms with Crippen LogP contribution in [0.4, 0.5) is 11.6 Å². The fourth-order valence-electron chi connectivity index (χ4n) is 2.16. The molecule has 0 saturated carbocycles. The number of nitrogens with zero attached hydrogens (tertiary/aromatic N) is 4. The quantitative estimate of drug-likeness (QED) is 0.792. The number of anilines is 2. The SMILES string of the molecule is CCC1CN(c2nccnc2N)CCN1C. The Morgan fingerprint density at radius 2 is 2.12 bits per heavy atom. The molecule has 2 heterocycles. The summed E-state index contributed by atoms with van der Waals surface area (Å²) in [5.74, 6) is 1.36. The van der Waals surface area contributed by atoms with Gasteiger partial charge in [-0.3, -0.25) is 4.90 Å². The number of hydrogen-bond donors (Lipinski definition) is 1. The van der Waals surface area contributed by atoms with Crippen LogP contribution in [0, 0.1) is 0 Å². The van der Waals surface area contributed by atoms with Gasteiger partial charge in [0, 0.05) is 38.1 Å². The minimum absolute atomic E-state index is 0.530. The van der Waals surface area contributed by atoms with Crippen molar-refractivity contribution >= 4 is 11.6 Å². The molecule has 1 saturated heterocycles. The summed E-state index contributed by atoms with van der Waals surface area (Å²) in [4.78, 5) is 13.0. The molecule has 1 aromatic heterocycles. The summed E-state index contributed by atoms with van der Waals surface area (Å²) in [5.41, 5.74) is 5.84. The Bertz CT molecular complexity index is 354. The van der Waals surface area contributed by atoms with Gasteiger partial charge in [-0.1, -0.05) is 6.92 Å². The molecule has 5 heteroatoms. The van der Waals surface area contributed by atoms with Gasteiger partial charge < -0.3 is 10.6 Å². The fourth-order valence-corrected chi connectivity index (χ4v) is 2.16. The van der Waals surface area contributed by atoms with Gasteiger partial charge in [0.25, 0.3) is 0 Å². The van der Waals surface area contributed by atoms with Gasteiger partial charge in [0.2, 0.25) is 0 Å². The number of nitrogen functional groups attached to an aromatic ring is 1. The average molecular weight is 221 g/mol. The first-order valence-electron chi connectivity index (χ1n) is 5.74. The molecule has 0 aromatic carbocycles. The lowest BCUT2D eigenvalue weighted by molar-refractivity contribution is 0.213. The van der Waals surface area contributed by atoms with Gasteiger partial charge in [-0.2, -0.15) is 0 Å². The molecule has 0 spiro atoms. The van der Waals surface area contributed by atoms with Crippen LogP contribution >= 0.6 is 0 Å². The lowest BCUT2D eigenvalue weighted by Crippen LogP contribution is -2.51. The highest BCUT2D eigenvalue weighted by Gasteiger charge is 2.24. The second-order valence-corrected chi connectivity index (χ2v) is 4.25. The maximum Gasteiger partial charge on any atom is 0.171 e. The molecule has 1 atom stereocenters. The van der Waals surface area contributed by atoms with Crippen molar-refractivity contribution in [3.05, 3.63) is 12.4 Å². The monoisotopic (exact) mass is 221 g/mol. The van der Waals surface area contributed by atoms with E-state index in [1.165, 1.54) is 0 Å². The van der Waals surface area contributed by atoms with Crippen LogP contribution in [-0.2, 0) is 0 Å². The highest BCUT2D eigenvalue weighted by atomic mass is 15.3. The Hall–Kier alpha value is -1.36. The topological polar surface area (TPSA) is 58.3 Å². The molecular weight excluding hydrogens is 202 g/mol. The van der Waals surface area contributed by atoms with Gasteiger partial charge in [0.05, 0.1) is 0 Å². The van der Waals surface area contributed by atoms with Gasteiger partial charge in [-0.15, -0.1) is 0 Å². The van der Waals surface area contributed by atoms with Crippen LogP contribution in [0.3, 0.4) is 0 Å². The van der Waals surface area contributed by atoms with Crippen LogP contribution in [0.25, 0.3) is 0 Å². The fraction of sp³-hybridized carbons (Fsp3) is 0.636. The van der Waals surface area contributed by atoms with E-state index in [2.05, 4.69) is 33.7 Å². The molecular formula is C11H19N5. The molecule has 2 N–H and O–H groups in total. The number of likely N-dealkylation sites (N-methyl/N-ethyl adjacent to an activating group) is 1. The van der Waals surface area contributed by atoms with Crippen molar-refractivity contribution in [1.82, 2.24) is 14.9 Å². The van der Waals surface area contributed by atoms with Crippen LogP contribution in [0.2, 0.25) is 0 Å². The van der Waals surface area contributed by atoms with Gasteiger partial charge in [0.15, 0.2) is 11.6 Å². The number of nitrogens with two attached hydrogens (primary N) is 1. The van der Waals surface area contributed by atoms with E-state index in [4.69, 9.17) is 5.73 Å². The summed E-state index contributed by atoms with van der Waals surface area (Å²) < 4.78 is 0. The number of hydrogen-bond acceptors (Lipinski definition) is 5. The Labute approximate surface area is 96.3 Å². The van der Waals surface area contributed by atoms with Crippen molar-refractivity contribution < 1.29 is 0 Å². The third-order valence-corrected chi connectivity index (χ3v) is 3.25. The van der Waals surface area contributed by atoms with Gasteiger partial charge in [-0.25, -0.2) is 9.97 Å². The summed E-state index contributed by atoms with van der Waals surface area (Å²) in [6.45, 7) is 5.21. The van der Waals surface area contributed by atoms with Crippen molar-refractivity contribution in [3.63, 3.8) is 0 Å². The minimum atomic E-state index is 0.530. The number of aromatic nitrogens is 2. The summed E-state index contributed by atoms with van der Waals surface area (Å²) >= 11 is 0. The van der Waals surface area contributed by atoms with E-state index in [9.17, 15) is 0 Å². The normalized spacial score (nSPS) is 22.4. The van der Waals surface area contributed by atoms with Crippen LogP contribution in [0.1, 0.15) is 13.3 Å². The highest BCUT2D eigenvalue weighted by molar-refractivity contribution is 5.57. The molecule has 0 aliphatic carbocycles. The second kappa shape index (κ2) is 4.65. The molecule has 0 amide bonds. The second-order valence-electron chi connectivity index (χ2n) is 4.25. The van der Waals surface area contributed by atoms with Crippen molar-refractivity contribution in [1.29, 1.82) is 0 Å². The minimum Gasteiger partial charge on any atom is -0.381 e. The van der Waals surface area contributed by atoms with E-state index in [0.717, 1.165) is 31.9 Å². The Balaban J connectivity index is 2.14. The Morgan fingerprint density at radius 3 is 2.81 bits per heavy atom. The molecule has 88 valence electrons. The molecule has 0 radical (unpaired) electrons. The zero-order valence-electron chi connectivity index (χ0n) is 9.93. The predicted molar refractivity (Wildman–Crippen MR) is 65.4 cm³/mol. The molecule has 5 nitrogen and oxygen atoms in total. The Morgan fingerprint density at radius 1 is 1.38 bits per heavy atom. The highest BCUT2D eigenvalue weighted by Crippen LogP contribution is 2.21. The van der Waals surface area contributed by atoms with E-state index < -0.39 is 0 Å².